The monoisotopic (exact) mass is 562 g/mol. The molecule has 1 aromatic rings. The number of benzene rings is 1. The van der Waals surface area contributed by atoms with E-state index in [0.717, 1.165) is 3.57 Å². The number of amides is 2. The number of hydrogen-bond donors (Lipinski definition) is 3. The molecule has 0 aliphatic heterocycles. The highest BCUT2D eigenvalue weighted by Gasteiger charge is 2.40. The van der Waals surface area contributed by atoms with E-state index in [1.807, 2.05) is 18.2 Å². The minimum Gasteiger partial charge on any atom is -0.482 e. The molecule has 32 heavy (non-hydrogen) atoms. The van der Waals surface area contributed by atoms with Crippen molar-refractivity contribution in [3.05, 3.63) is 39.5 Å². The van der Waals surface area contributed by atoms with E-state index in [0.29, 0.717) is 17.9 Å². The average molecular weight is 562 g/mol. The van der Waals surface area contributed by atoms with Crippen LogP contribution in [0, 0.1) is 3.57 Å². The molecule has 1 aliphatic rings. The lowest BCUT2D eigenvalue weighted by atomic mass is 9.88. The first-order valence-electron chi connectivity index (χ1n) is 10.5. The van der Waals surface area contributed by atoms with Gasteiger partial charge in [0, 0.05) is 38.8 Å². The first-order valence-corrected chi connectivity index (χ1v) is 11.6. The van der Waals surface area contributed by atoms with Crippen molar-refractivity contribution < 1.29 is 34.0 Å². The minimum absolute atomic E-state index is 0.0994. The second kappa shape index (κ2) is 13.7. The van der Waals surface area contributed by atoms with Crippen LogP contribution in [-0.4, -0.2) is 91.8 Å². The van der Waals surface area contributed by atoms with Gasteiger partial charge in [0.1, 0.15) is 24.6 Å². The Morgan fingerprint density at radius 1 is 1.31 bits per heavy atom. The fraction of sp³-hybridized carbons (Fsp3) is 0.545. The zero-order valence-electron chi connectivity index (χ0n) is 18.3. The van der Waals surface area contributed by atoms with Crippen LogP contribution in [0.3, 0.4) is 0 Å². The van der Waals surface area contributed by atoms with E-state index in [4.69, 9.17) is 19.3 Å². The Hall–Kier alpha value is -1.73. The van der Waals surface area contributed by atoms with Crippen LogP contribution in [0.25, 0.3) is 0 Å². The van der Waals surface area contributed by atoms with Gasteiger partial charge < -0.3 is 34.6 Å². The second-order valence-corrected chi connectivity index (χ2v) is 8.33. The highest BCUT2D eigenvalue weighted by molar-refractivity contribution is 14.1. The molecule has 2 amide bonds. The molecular weight excluding hydrogens is 531 g/mol. The van der Waals surface area contributed by atoms with Gasteiger partial charge in [-0.25, -0.2) is 0 Å². The summed E-state index contributed by atoms with van der Waals surface area (Å²) >= 11 is 2.13. The fourth-order valence-electron chi connectivity index (χ4n) is 3.40. The number of hydrogen-bond acceptors (Lipinski definition) is 7. The van der Waals surface area contributed by atoms with E-state index in [-0.39, 0.29) is 51.1 Å². The van der Waals surface area contributed by atoms with Crippen molar-refractivity contribution in [2.24, 2.45) is 0 Å². The van der Waals surface area contributed by atoms with Crippen LogP contribution in [0.4, 0.5) is 0 Å². The number of aliphatic hydroxyl groups is 2. The Morgan fingerprint density at radius 3 is 2.72 bits per heavy atom. The lowest BCUT2D eigenvalue weighted by Gasteiger charge is -2.40. The second-order valence-electron chi connectivity index (χ2n) is 7.16. The van der Waals surface area contributed by atoms with Crippen molar-refractivity contribution in [1.82, 2.24) is 10.2 Å². The lowest BCUT2D eigenvalue weighted by molar-refractivity contribution is -0.144. The molecule has 2 rings (SSSR count). The summed E-state index contributed by atoms with van der Waals surface area (Å²) in [4.78, 5) is 27.0. The molecule has 0 fully saturated rings. The van der Waals surface area contributed by atoms with E-state index in [9.17, 15) is 14.7 Å². The molecule has 1 aliphatic carbocycles. The summed E-state index contributed by atoms with van der Waals surface area (Å²) in [5, 5.41) is 22.9. The first kappa shape index (κ1) is 26.5. The summed E-state index contributed by atoms with van der Waals surface area (Å²) in [6.45, 7) is 2.43. The molecule has 1 aromatic carbocycles. The Balaban J connectivity index is 2.35. The number of rotatable bonds is 12. The third-order valence-electron chi connectivity index (χ3n) is 5.00. The van der Waals surface area contributed by atoms with Crippen LogP contribution in [0.1, 0.15) is 13.3 Å². The summed E-state index contributed by atoms with van der Waals surface area (Å²) < 4.78 is 17.3. The number of nitrogens with zero attached hydrogens (tertiary/aromatic N) is 1. The zero-order valence-corrected chi connectivity index (χ0v) is 20.5. The van der Waals surface area contributed by atoms with Crippen molar-refractivity contribution >= 4 is 34.4 Å². The van der Waals surface area contributed by atoms with Crippen molar-refractivity contribution in [2.75, 3.05) is 46.6 Å². The molecular formula is C22H31IN2O7. The number of carbonyl (C=O) groups excluding carboxylic acids is 2. The van der Waals surface area contributed by atoms with Crippen LogP contribution in [0.2, 0.25) is 0 Å². The maximum absolute atomic E-state index is 12.9. The molecule has 0 spiro atoms. The van der Waals surface area contributed by atoms with Crippen LogP contribution in [-0.2, 0) is 19.1 Å². The molecule has 0 heterocycles. The topological polar surface area (TPSA) is 118 Å². The number of para-hydroxylation sites is 1. The first-order chi connectivity index (χ1) is 15.4. The third-order valence-corrected chi connectivity index (χ3v) is 5.89. The number of carbonyl (C=O) groups is 2. The quantitative estimate of drug-likeness (QED) is 0.322. The van der Waals surface area contributed by atoms with Crippen molar-refractivity contribution in [3.63, 3.8) is 0 Å². The standard InChI is InChI=1S/C22H31IN2O7/c1-3-31-14-20(27)25(9-11-30-2)17-12-15(22(29)24-8-10-26)13-19(21(17)28)32-18-7-5-4-6-16(18)23/h4-7,13,17,19,21,26,28H,3,8-12,14H2,1-2H3,(H,24,29)/t17-,19+,21+/m1/s1. The van der Waals surface area contributed by atoms with Gasteiger partial charge in [-0.1, -0.05) is 12.1 Å². The van der Waals surface area contributed by atoms with Crippen molar-refractivity contribution in [1.29, 1.82) is 0 Å². The highest BCUT2D eigenvalue weighted by atomic mass is 127. The number of halogens is 1. The molecule has 10 heteroatoms. The average Bonchev–Trinajstić information content (AvgIpc) is 2.79. The molecule has 0 saturated heterocycles. The summed E-state index contributed by atoms with van der Waals surface area (Å²) in [7, 11) is 1.53. The predicted octanol–water partition coefficient (Wildman–Crippen LogP) is 0.718. The maximum atomic E-state index is 12.9. The summed E-state index contributed by atoms with van der Waals surface area (Å²) in [6, 6.07) is 6.62. The Bertz CT molecular complexity index is 789. The zero-order chi connectivity index (χ0) is 23.5. The highest BCUT2D eigenvalue weighted by Crippen LogP contribution is 2.29. The van der Waals surface area contributed by atoms with E-state index in [1.165, 1.54) is 12.0 Å². The van der Waals surface area contributed by atoms with Gasteiger partial charge in [0.2, 0.25) is 11.8 Å². The smallest absolute Gasteiger partial charge is 0.248 e. The third kappa shape index (κ3) is 7.41. The van der Waals surface area contributed by atoms with Gasteiger partial charge in [0.25, 0.3) is 0 Å². The Morgan fingerprint density at radius 2 is 2.06 bits per heavy atom. The SMILES string of the molecule is CCOCC(=O)N(CCOC)[C@@H]1CC(C(=O)NCCO)=C[C@H](Oc2ccccc2I)[C@H]1O. The molecule has 9 nitrogen and oxygen atoms in total. The molecule has 0 saturated carbocycles. The van der Waals surface area contributed by atoms with Crippen molar-refractivity contribution in [2.45, 2.75) is 31.6 Å². The molecule has 3 atom stereocenters. The number of nitrogens with one attached hydrogen (secondary N) is 1. The number of methoxy groups -OCH3 is 1. The molecule has 3 N–H and O–H groups in total. The Kier molecular flexibility index (Phi) is 11.4. The molecule has 0 unspecified atom stereocenters. The van der Waals surface area contributed by atoms with Gasteiger partial charge in [0.15, 0.2) is 0 Å². The summed E-state index contributed by atoms with van der Waals surface area (Å²) in [5.41, 5.74) is 0.372. The molecule has 0 radical (unpaired) electrons. The van der Waals surface area contributed by atoms with E-state index >= 15 is 0 Å². The van der Waals surface area contributed by atoms with Gasteiger partial charge in [-0.2, -0.15) is 0 Å². The molecule has 178 valence electrons. The Labute approximate surface area is 201 Å². The minimum atomic E-state index is -1.08. The van der Waals surface area contributed by atoms with Gasteiger partial charge in [-0.15, -0.1) is 0 Å². The van der Waals surface area contributed by atoms with Crippen LogP contribution in [0.5, 0.6) is 5.75 Å². The van der Waals surface area contributed by atoms with Gasteiger partial charge >= 0.3 is 0 Å². The summed E-state index contributed by atoms with van der Waals surface area (Å²) in [6.07, 6.45) is -0.225. The number of aliphatic hydroxyl groups excluding tert-OH is 2. The van der Waals surface area contributed by atoms with Crippen LogP contribution in [0.15, 0.2) is 35.9 Å². The predicted molar refractivity (Wildman–Crippen MR) is 126 cm³/mol. The molecule has 0 aromatic heterocycles. The fourth-order valence-corrected chi connectivity index (χ4v) is 3.92. The van der Waals surface area contributed by atoms with E-state index in [2.05, 4.69) is 27.9 Å². The summed E-state index contributed by atoms with van der Waals surface area (Å²) in [5.74, 6) is -0.123. The van der Waals surface area contributed by atoms with Gasteiger partial charge in [-0.05, 0) is 47.7 Å². The largest absolute Gasteiger partial charge is 0.482 e. The maximum Gasteiger partial charge on any atom is 0.248 e. The van der Waals surface area contributed by atoms with Gasteiger partial charge in [0.05, 0.1) is 22.8 Å². The van der Waals surface area contributed by atoms with Crippen LogP contribution < -0.4 is 10.1 Å². The van der Waals surface area contributed by atoms with Crippen LogP contribution >= 0.6 is 22.6 Å². The van der Waals surface area contributed by atoms with Gasteiger partial charge in [-0.3, -0.25) is 9.59 Å². The normalized spacial score (nSPS) is 20.4. The number of ether oxygens (including phenoxy) is 3. The molecule has 0 bridgehead atoms. The van der Waals surface area contributed by atoms with E-state index < -0.39 is 18.2 Å². The van der Waals surface area contributed by atoms with Crippen molar-refractivity contribution in [3.8, 4) is 5.75 Å². The lowest BCUT2D eigenvalue weighted by Crippen LogP contribution is -2.56. The van der Waals surface area contributed by atoms with E-state index in [1.54, 1.807) is 19.1 Å².